The lowest BCUT2D eigenvalue weighted by Gasteiger charge is -2.09. The number of halogens is 1. The molecule has 0 atom stereocenters. The lowest BCUT2D eigenvalue weighted by Crippen LogP contribution is -2.23. The minimum Gasteiger partial charge on any atom is -0.544 e. The Bertz CT molecular complexity index is 986. The number of carbonyl (C=O) groups excluding carboxylic acids is 1. The molecule has 0 N–H and O–H groups in total. The standard InChI is InChI=1S/C20H17ClN2O4S/c1-2-18-22-23-20(27-18)28-17(19(24)25)11-14-4-3-5-16(10-14)26-12-13-6-8-15(21)9-7-13/h3-11H,2,12H2,1H3,(H,24,25)/p-1/b17-11-. The van der Waals surface area contributed by atoms with Crippen molar-refractivity contribution in [1.82, 2.24) is 10.2 Å². The van der Waals surface area contributed by atoms with E-state index in [4.69, 9.17) is 20.8 Å². The molecular formula is C20H16ClN2O4S-. The zero-order valence-corrected chi connectivity index (χ0v) is 16.5. The molecular weight excluding hydrogens is 400 g/mol. The van der Waals surface area contributed by atoms with E-state index >= 15 is 0 Å². The molecule has 6 nitrogen and oxygen atoms in total. The molecule has 0 aliphatic heterocycles. The first kappa shape index (κ1) is 20.0. The Morgan fingerprint density at radius 1 is 1.25 bits per heavy atom. The topological polar surface area (TPSA) is 88.3 Å². The summed E-state index contributed by atoms with van der Waals surface area (Å²) in [6.07, 6.45) is 2.05. The maximum Gasteiger partial charge on any atom is 0.281 e. The molecule has 0 amide bonds. The van der Waals surface area contributed by atoms with Gasteiger partial charge in [0.05, 0.1) is 5.97 Å². The first-order valence-corrected chi connectivity index (χ1v) is 9.63. The maximum absolute atomic E-state index is 11.5. The number of carboxylic acid groups (broad SMARTS) is 1. The summed E-state index contributed by atoms with van der Waals surface area (Å²) >= 11 is 6.72. The van der Waals surface area contributed by atoms with Crippen LogP contribution in [0.2, 0.25) is 5.02 Å². The molecule has 144 valence electrons. The summed E-state index contributed by atoms with van der Waals surface area (Å²) in [5.74, 6) is -0.274. The van der Waals surface area contributed by atoms with Gasteiger partial charge in [0.2, 0.25) is 5.89 Å². The second-order valence-electron chi connectivity index (χ2n) is 5.70. The van der Waals surface area contributed by atoms with Crippen LogP contribution < -0.4 is 9.84 Å². The number of hydrogen-bond donors (Lipinski definition) is 0. The Hall–Kier alpha value is -2.77. The molecule has 0 bridgehead atoms. The minimum atomic E-state index is -1.33. The van der Waals surface area contributed by atoms with E-state index in [0.29, 0.717) is 35.3 Å². The van der Waals surface area contributed by atoms with Crippen molar-refractivity contribution in [3.63, 3.8) is 0 Å². The molecule has 0 radical (unpaired) electrons. The molecule has 0 aliphatic rings. The van der Waals surface area contributed by atoms with Gasteiger partial charge in [0.1, 0.15) is 12.4 Å². The van der Waals surface area contributed by atoms with Gasteiger partial charge in [0, 0.05) is 16.3 Å². The third kappa shape index (κ3) is 5.61. The van der Waals surface area contributed by atoms with Crippen LogP contribution in [0.5, 0.6) is 5.75 Å². The van der Waals surface area contributed by atoms with Crippen molar-refractivity contribution in [3.05, 3.63) is 75.5 Å². The van der Waals surface area contributed by atoms with Crippen LogP contribution in [0.25, 0.3) is 6.08 Å². The fourth-order valence-corrected chi connectivity index (χ4v) is 3.05. The Labute approximate surface area is 171 Å². The van der Waals surface area contributed by atoms with E-state index in [1.54, 1.807) is 36.4 Å². The van der Waals surface area contributed by atoms with E-state index in [2.05, 4.69) is 10.2 Å². The first-order chi connectivity index (χ1) is 13.5. The van der Waals surface area contributed by atoms with Crippen LogP contribution in [0.3, 0.4) is 0 Å². The molecule has 0 fully saturated rings. The number of carbonyl (C=O) groups is 1. The highest BCUT2D eigenvalue weighted by Gasteiger charge is 2.10. The number of thioether (sulfide) groups is 1. The lowest BCUT2D eigenvalue weighted by molar-refractivity contribution is -0.298. The number of rotatable bonds is 8. The zero-order chi connectivity index (χ0) is 19.9. The van der Waals surface area contributed by atoms with Gasteiger partial charge in [0.15, 0.2) is 0 Å². The predicted molar refractivity (Wildman–Crippen MR) is 105 cm³/mol. The smallest absolute Gasteiger partial charge is 0.281 e. The predicted octanol–water partition coefficient (Wildman–Crippen LogP) is 3.75. The Balaban J connectivity index is 1.72. The number of hydrogen-bond acceptors (Lipinski definition) is 7. The van der Waals surface area contributed by atoms with Crippen molar-refractivity contribution in [2.75, 3.05) is 0 Å². The second-order valence-corrected chi connectivity index (χ2v) is 7.13. The summed E-state index contributed by atoms with van der Waals surface area (Å²) in [4.78, 5) is 11.4. The monoisotopic (exact) mass is 415 g/mol. The highest BCUT2D eigenvalue weighted by Crippen LogP contribution is 2.28. The molecule has 3 rings (SSSR count). The number of carboxylic acids is 1. The summed E-state index contributed by atoms with van der Waals surface area (Å²) in [6, 6.07) is 14.4. The fraction of sp³-hybridized carbons (Fsp3) is 0.150. The number of aromatic nitrogens is 2. The molecule has 0 saturated heterocycles. The van der Waals surface area contributed by atoms with Crippen LogP contribution in [0, 0.1) is 0 Å². The molecule has 28 heavy (non-hydrogen) atoms. The van der Waals surface area contributed by atoms with Gasteiger partial charge in [-0.3, -0.25) is 0 Å². The Morgan fingerprint density at radius 2 is 2.04 bits per heavy atom. The van der Waals surface area contributed by atoms with E-state index in [0.717, 1.165) is 17.3 Å². The number of benzene rings is 2. The number of aryl methyl sites for hydroxylation is 1. The SMILES string of the molecule is CCc1nnc(S/C(=C\c2cccc(OCc3ccc(Cl)cc3)c2)C(=O)[O-])o1. The number of ether oxygens (including phenoxy) is 1. The summed E-state index contributed by atoms with van der Waals surface area (Å²) < 4.78 is 11.1. The summed E-state index contributed by atoms with van der Waals surface area (Å²) in [5, 5.41) is 19.9. The summed E-state index contributed by atoms with van der Waals surface area (Å²) in [6.45, 7) is 2.24. The highest BCUT2D eigenvalue weighted by molar-refractivity contribution is 8.03. The van der Waals surface area contributed by atoms with Gasteiger partial charge >= 0.3 is 0 Å². The largest absolute Gasteiger partial charge is 0.544 e. The Morgan fingerprint density at radius 3 is 2.71 bits per heavy atom. The maximum atomic E-state index is 11.5. The zero-order valence-electron chi connectivity index (χ0n) is 14.9. The van der Waals surface area contributed by atoms with Crippen molar-refractivity contribution in [3.8, 4) is 5.75 Å². The average molecular weight is 416 g/mol. The van der Waals surface area contributed by atoms with Crippen molar-refractivity contribution >= 4 is 35.4 Å². The molecule has 8 heteroatoms. The van der Waals surface area contributed by atoms with Crippen LogP contribution in [0.4, 0.5) is 0 Å². The molecule has 3 aromatic rings. The fourth-order valence-electron chi connectivity index (χ4n) is 2.24. The average Bonchev–Trinajstić information content (AvgIpc) is 3.15. The van der Waals surface area contributed by atoms with Crippen molar-refractivity contribution in [1.29, 1.82) is 0 Å². The van der Waals surface area contributed by atoms with E-state index in [9.17, 15) is 9.90 Å². The second kappa shape index (κ2) is 9.43. The van der Waals surface area contributed by atoms with Gasteiger partial charge in [-0.1, -0.05) is 42.8 Å². The van der Waals surface area contributed by atoms with Crippen LogP contribution in [-0.2, 0) is 17.8 Å². The van der Waals surface area contributed by atoms with Crippen LogP contribution in [-0.4, -0.2) is 16.2 Å². The normalized spacial score (nSPS) is 11.4. The summed E-state index contributed by atoms with van der Waals surface area (Å²) in [7, 11) is 0. The van der Waals surface area contributed by atoms with Crippen molar-refractivity contribution in [2.24, 2.45) is 0 Å². The van der Waals surface area contributed by atoms with E-state index < -0.39 is 5.97 Å². The van der Waals surface area contributed by atoms with Crippen LogP contribution in [0.15, 0.2) is 63.1 Å². The molecule has 1 aromatic heterocycles. The number of nitrogens with zero attached hydrogens (tertiary/aromatic N) is 2. The van der Waals surface area contributed by atoms with Gasteiger partial charge in [-0.25, -0.2) is 0 Å². The molecule has 2 aromatic carbocycles. The van der Waals surface area contributed by atoms with Crippen LogP contribution in [0.1, 0.15) is 23.9 Å². The van der Waals surface area contributed by atoms with E-state index in [-0.39, 0.29) is 10.1 Å². The third-order valence-corrected chi connectivity index (χ3v) is 4.72. The number of aliphatic carboxylic acids is 1. The summed E-state index contributed by atoms with van der Waals surface area (Å²) in [5.41, 5.74) is 1.62. The molecule has 0 aliphatic carbocycles. The van der Waals surface area contributed by atoms with Gasteiger partial charge < -0.3 is 19.1 Å². The van der Waals surface area contributed by atoms with Crippen molar-refractivity contribution in [2.45, 2.75) is 25.2 Å². The van der Waals surface area contributed by atoms with Crippen molar-refractivity contribution < 1.29 is 19.1 Å². The third-order valence-electron chi connectivity index (χ3n) is 3.62. The Kier molecular flexibility index (Phi) is 6.73. The van der Waals surface area contributed by atoms with Gasteiger partial charge in [-0.15, -0.1) is 10.2 Å². The molecule has 0 unspecified atom stereocenters. The highest BCUT2D eigenvalue weighted by atomic mass is 35.5. The van der Waals surface area contributed by atoms with E-state index in [1.165, 1.54) is 6.08 Å². The van der Waals surface area contributed by atoms with Crippen LogP contribution >= 0.6 is 23.4 Å². The van der Waals surface area contributed by atoms with Gasteiger partial charge in [0.25, 0.3) is 5.22 Å². The molecule has 1 heterocycles. The van der Waals surface area contributed by atoms with E-state index in [1.807, 2.05) is 19.1 Å². The lowest BCUT2D eigenvalue weighted by atomic mass is 10.2. The first-order valence-electron chi connectivity index (χ1n) is 8.44. The molecule has 0 spiro atoms. The van der Waals surface area contributed by atoms with Gasteiger partial charge in [-0.05, 0) is 53.2 Å². The molecule has 0 saturated carbocycles. The minimum absolute atomic E-state index is 0.0406. The quantitative estimate of drug-likeness (QED) is 0.409. The van der Waals surface area contributed by atoms with Gasteiger partial charge in [-0.2, -0.15) is 0 Å².